The Morgan fingerprint density at radius 2 is 2.38 bits per heavy atom. The van der Waals surface area contributed by atoms with Crippen molar-refractivity contribution in [3.63, 3.8) is 0 Å². The van der Waals surface area contributed by atoms with Crippen LogP contribution in [0, 0.1) is 5.92 Å². The van der Waals surface area contributed by atoms with Gasteiger partial charge in [-0.05, 0) is 6.42 Å². The second kappa shape index (κ2) is 2.56. The smallest absolute Gasteiger partial charge is 0.312 e. The van der Waals surface area contributed by atoms with Gasteiger partial charge in [-0.25, -0.2) is 0 Å². The summed E-state index contributed by atoms with van der Waals surface area (Å²) in [6.07, 6.45) is 1.61. The number of rotatable bonds is 2. The molecule has 0 N–H and O–H groups in total. The third kappa shape index (κ3) is 0.894. The van der Waals surface area contributed by atoms with Gasteiger partial charge in [-0.2, -0.15) is 0 Å². The summed E-state index contributed by atoms with van der Waals surface area (Å²) < 4.78 is 16.4. The first-order valence-corrected chi connectivity index (χ1v) is 6.20. The maximum atomic E-state index is 11.3. The van der Waals surface area contributed by atoms with Gasteiger partial charge in [0.1, 0.15) is 12.2 Å². The van der Waals surface area contributed by atoms with Crippen LogP contribution < -0.4 is 0 Å². The Labute approximate surface area is 78.9 Å². The molecule has 3 aliphatic rings. The highest BCUT2D eigenvalue weighted by molar-refractivity contribution is 6.08. The molecule has 0 spiro atoms. The molecule has 3 heterocycles. The molecule has 0 saturated carbocycles. The quantitative estimate of drug-likeness (QED) is 0.398. The topological polar surface area (TPSA) is 44.8 Å². The first kappa shape index (κ1) is 7.96. The molecule has 5 atom stereocenters. The van der Waals surface area contributed by atoms with E-state index in [9.17, 15) is 4.79 Å². The zero-order valence-electron chi connectivity index (χ0n) is 7.43. The van der Waals surface area contributed by atoms with E-state index < -0.39 is 0 Å². The minimum atomic E-state index is -0.106. The normalized spacial score (nSPS) is 51.7. The molecule has 72 valence electrons. The van der Waals surface area contributed by atoms with Crippen molar-refractivity contribution >= 4 is 16.2 Å². The molecule has 3 saturated heterocycles. The Kier molecular flexibility index (Phi) is 1.56. The van der Waals surface area contributed by atoms with Crippen molar-refractivity contribution in [1.29, 1.82) is 0 Å². The van der Waals surface area contributed by atoms with Crippen LogP contribution in [-0.4, -0.2) is 46.9 Å². The predicted octanol–water partition coefficient (Wildman–Crippen LogP) is -1.59. The van der Waals surface area contributed by atoms with E-state index in [4.69, 9.17) is 14.2 Å². The Balaban J connectivity index is 1.86. The molecule has 3 fully saturated rings. The molecule has 3 rings (SSSR count). The lowest BCUT2D eigenvalue weighted by molar-refractivity contribution is -0.146. The summed E-state index contributed by atoms with van der Waals surface area (Å²) in [5.74, 6) is -0.0825. The Bertz CT molecular complexity index is 257. The fourth-order valence-electron chi connectivity index (χ4n) is 2.63. The first-order chi connectivity index (χ1) is 6.31. The van der Waals surface area contributed by atoms with Crippen LogP contribution in [0.25, 0.3) is 0 Å². The van der Waals surface area contributed by atoms with Gasteiger partial charge < -0.3 is 14.2 Å². The number of hydrogen-bond donors (Lipinski definition) is 0. The number of ether oxygens (including phenoxy) is 3. The third-order valence-electron chi connectivity index (χ3n) is 3.14. The number of fused-ring (bicyclic) bond motifs is 1. The average Bonchev–Trinajstić information content (AvgIpc) is 2.69. The van der Waals surface area contributed by atoms with Crippen LogP contribution in [0.15, 0.2) is 0 Å². The average molecular weight is 200 g/mol. The monoisotopic (exact) mass is 200 g/mol. The van der Waals surface area contributed by atoms with Gasteiger partial charge >= 0.3 is 5.97 Å². The van der Waals surface area contributed by atoms with E-state index in [0.717, 1.165) is 22.9 Å². The van der Waals surface area contributed by atoms with Crippen molar-refractivity contribution < 1.29 is 19.0 Å². The molecule has 0 amide bonds. The molecule has 2 bridgehead atoms. The lowest BCUT2D eigenvalue weighted by Crippen LogP contribution is -2.38. The SMILES string of the molecule is O=C1OC2C(OC[SiH3])C3CC1C2O3. The summed E-state index contributed by atoms with van der Waals surface area (Å²) in [7, 11) is 1.02. The Morgan fingerprint density at radius 3 is 3.15 bits per heavy atom. The van der Waals surface area contributed by atoms with E-state index in [1.165, 1.54) is 0 Å². The molecule has 0 aromatic heterocycles. The lowest BCUT2D eigenvalue weighted by atomic mass is 9.88. The highest BCUT2D eigenvalue weighted by atomic mass is 28.1. The molecule has 0 aliphatic carbocycles. The molecular weight excluding hydrogens is 188 g/mol. The fraction of sp³-hybridized carbons (Fsp3) is 0.875. The number of hydrogen-bond acceptors (Lipinski definition) is 4. The van der Waals surface area contributed by atoms with E-state index in [0.29, 0.717) is 0 Å². The molecule has 5 heteroatoms. The first-order valence-electron chi connectivity index (χ1n) is 4.79. The van der Waals surface area contributed by atoms with Gasteiger partial charge in [0.25, 0.3) is 0 Å². The van der Waals surface area contributed by atoms with Crippen molar-refractivity contribution in [2.75, 3.05) is 6.23 Å². The Morgan fingerprint density at radius 1 is 1.54 bits per heavy atom. The summed E-state index contributed by atoms with van der Waals surface area (Å²) in [6, 6.07) is 0. The Hall–Kier alpha value is -0.393. The van der Waals surface area contributed by atoms with Crippen LogP contribution in [0.4, 0.5) is 0 Å². The fourth-order valence-corrected chi connectivity index (χ4v) is 3.02. The van der Waals surface area contributed by atoms with Crippen LogP contribution in [0.3, 0.4) is 0 Å². The zero-order chi connectivity index (χ0) is 9.00. The van der Waals surface area contributed by atoms with Crippen LogP contribution in [0.1, 0.15) is 6.42 Å². The number of carbonyl (C=O) groups is 1. The van der Waals surface area contributed by atoms with Crippen molar-refractivity contribution in [1.82, 2.24) is 0 Å². The summed E-state index contributed by atoms with van der Waals surface area (Å²) in [5, 5.41) is 0. The molecule has 3 aliphatic heterocycles. The molecule has 0 aromatic rings. The second-order valence-corrected chi connectivity index (χ2v) is 4.38. The molecule has 0 aromatic carbocycles. The van der Waals surface area contributed by atoms with Crippen molar-refractivity contribution in [3.05, 3.63) is 0 Å². The van der Waals surface area contributed by atoms with Gasteiger partial charge in [0, 0.05) is 16.5 Å². The van der Waals surface area contributed by atoms with E-state index in [2.05, 4.69) is 0 Å². The highest BCUT2D eigenvalue weighted by Crippen LogP contribution is 2.47. The third-order valence-corrected chi connectivity index (χ3v) is 3.48. The highest BCUT2D eigenvalue weighted by Gasteiger charge is 2.63. The van der Waals surface area contributed by atoms with Crippen molar-refractivity contribution in [3.8, 4) is 0 Å². The van der Waals surface area contributed by atoms with Gasteiger partial charge in [0.05, 0.1) is 12.0 Å². The van der Waals surface area contributed by atoms with E-state index >= 15 is 0 Å². The second-order valence-electron chi connectivity index (χ2n) is 3.80. The summed E-state index contributed by atoms with van der Waals surface area (Å²) >= 11 is 0. The van der Waals surface area contributed by atoms with E-state index in [1.54, 1.807) is 0 Å². The largest absolute Gasteiger partial charge is 0.456 e. The van der Waals surface area contributed by atoms with Crippen LogP contribution in [0.2, 0.25) is 0 Å². The predicted molar refractivity (Wildman–Crippen MR) is 46.3 cm³/mol. The maximum absolute atomic E-state index is 11.3. The molecule has 5 unspecified atom stereocenters. The van der Waals surface area contributed by atoms with Crippen LogP contribution in [0.5, 0.6) is 0 Å². The minimum Gasteiger partial charge on any atom is -0.456 e. The summed E-state index contributed by atoms with van der Waals surface area (Å²) in [4.78, 5) is 11.3. The van der Waals surface area contributed by atoms with Gasteiger partial charge in [0.2, 0.25) is 0 Å². The van der Waals surface area contributed by atoms with Crippen LogP contribution in [-0.2, 0) is 19.0 Å². The molecular formula is C8H12O4Si. The van der Waals surface area contributed by atoms with E-state index in [1.807, 2.05) is 0 Å². The van der Waals surface area contributed by atoms with Gasteiger partial charge in [-0.3, -0.25) is 4.79 Å². The molecule has 13 heavy (non-hydrogen) atoms. The lowest BCUT2D eigenvalue weighted by Gasteiger charge is -2.21. The van der Waals surface area contributed by atoms with Gasteiger partial charge in [-0.1, -0.05) is 0 Å². The minimum absolute atomic E-state index is 0.00366. The van der Waals surface area contributed by atoms with Gasteiger partial charge in [0.15, 0.2) is 6.10 Å². The van der Waals surface area contributed by atoms with Crippen LogP contribution >= 0.6 is 0 Å². The number of carbonyl (C=O) groups excluding carboxylic acids is 1. The van der Waals surface area contributed by atoms with Crippen molar-refractivity contribution in [2.24, 2.45) is 5.92 Å². The van der Waals surface area contributed by atoms with Gasteiger partial charge in [-0.15, -0.1) is 0 Å². The maximum Gasteiger partial charge on any atom is 0.312 e. The van der Waals surface area contributed by atoms with Crippen molar-refractivity contribution in [2.45, 2.75) is 30.8 Å². The molecule has 4 nitrogen and oxygen atoms in total. The zero-order valence-corrected chi connectivity index (χ0v) is 9.43. The molecule has 0 radical (unpaired) electrons. The number of esters is 1. The summed E-state index contributed by atoms with van der Waals surface area (Å²) in [6.45, 7) is 0. The van der Waals surface area contributed by atoms with E-state index in [-0.39, 0.29) is 36.3 Å². The summed E-state index contributed by atoms with van der Waals surface area (Å²) in [5.41, 5.74) is 0. The standard InChI is InChI=1S/C8H12O4Si/c9-8-3-1-4-6(10-2-13)7(12-8)5(3)11-4/h3-7H,1-2H2,13H3.